The molecule has 2 aromatic heterocycles. The molecule has 33 heavy (non-hydrogen) atoms. The van der Waals surface area contributed by atoms with Crippen molar-refractivity contribution in [2.24, 2.45) is 0 Å². The fourth-order valence-corrected chi connectivity index (χ4v) is 4.47. The van der Waals surface area contributed by atoms with E-state index in [1.807, 2.05) is 6.92 Å². The maximum atomic E-state index is 13.1. The molecule has 1 saturated heterocycles. The van der Waals surface area contributed by atoms with Crippen molar-refractivity contribution in [3.8, 4) is 0 Å². The van der Waals surface area contributed by atoms with Gasteiger partial charge in [-0.2, -0.15) is 0 Å². The van der Waals surface area contributed by atoms with Crippen LogP contribution in [0.3, 0.4) is 0 Å². The highest BCUT2D eigenvalue weighted by atomic mass is 32.2. The molecule has 0 unspecified atom stereocenters. The lowest BCUT2D eigenvalue weighted by atomic mass is 10.2. The summed E-state index contributed by atoms with van der Waals surface area (Å²) in [6.07, 6.45) is 3.20. The van der Waals surface area contributed by atoms with Crippen LogP contribution in [0.4, 0.5) is 4.39 Å². The molecule has 1 fully saturated rings. The van der Waals surface area contributed by atoms with Gasteiger partial charge in [0.15, 0.2) is 0 Å². The van der Waals surface area contributed by atoms with E-state index in [2.05, 4.69) is 4.98 Å². The van der Waals surface area contributed by atoms with E-state index in [4.69, 9.17) is 17.0 Å². The van der Waals surface area contributed by atoms with Crippen LogP contribution in [-0.2, 0) is 20.9 Å². The van der Waals surface area contributed by atoms with Gasteiger partial charge < -0.3 is 4.74 Å². The fourth-order valence-electron chi connectivity index (χ4n) is 3.16. The van der Waals surface area contributed by atoms with E-state index < -0.39 is 5.97 Å². The average Bonchev–Trinajstić information content (AvgIpc) is 3.04. The Morgan fingerprint density at radius 2 is 1.97 bits per heavy atom. The van der Waals surface area contributed by atoms with Crippen molar-refractivity contribution in [2.75, 3.05) is 6.54 Å². The van der Waals surface area contributed by atoms with Crippen molar-refractivity contribution in [3.05, 3.63) is 86.6 Å². The minimum atomic E-state index is -0.544. The lowest BCUT2D eigenvalue weighted by Crippen LogP contribution is -2.30. The Morgan fingerprint density at radius 1 is 1.21 bits per heavy atom. The summed E-state index contributed by atoms with van der Waals surface area (Å²) in [7, 11) is 0. The van der Waals surface area contributed by atoms with E-state index in [1.54, 1.807) is 36.5 Å². The largest absolute Gasteiger partial charge is 0.459 e. The molecular weight excluding hydrogens is 465 g/mol. The topological polar surface area (TPSA) is 81.0 Å². The second kappa shape index (κ2) is 9.63. The minimum Gasteiger partial charge on any atom is -0.459 e. The molecule has 4 rings (SSSR count). The van der Waals surface area contributed by atoms with E-state index in [0.717, 1.165) is 17.3 Å². The Balaban J connectivity index is 1.34. The first kappa shape index (κ1) is 22.8. The van der Waals surface area contributed by atoms with Gasteiger partial charge in [0.2, 0.25) is 0 Å². The van der Waals surface area contributed by atoms with Crippen molar-refractivity contribution in [1.82, 2.24) is 14.3 Å². The number of carbonyl (C=O) groups is 2. The Labute approximate surface area is 197 Å². The van der Waals surface area contributed by atoms with E-state index in [0.29, 0.717) is 26.1 Å². The van der Waals surface area contributed by atoms with Crippen LogP contribution in [-0.4, -0.2) is 37.0 Å². The van der Waals surface area contributed by atoms with Crippen molar-refractivity contribution >= 4 is 51.9 Å². The first-order valence-electron chi connectivity index (χ1n) is 9.96. The normalized spacial score (nSPS) is 15.0. The minimum absolute atomic E-state index is 0.0667. The summed E-state index contributed by atoms with van der Waals surface area (Å²) in [5.74, 6) is -1.23. The second-order valence-corrected chi connectivity index (χ2v) is 8.99. The highest BCUT2D eigenvalue weighted by Crippen LogP contribution is 2.32. The molecule has 1 aliphatic rings. The lowest BCUT2D eigenvalue weighted by molar-refractivity contribution is -0.145. The molecule has 0 N–H and O–H groups in total. The van der Waals surface area contributed by atoms with E-state index >= 15 is 0 Å². The Kier molecular flexibility index (Phi) is 6.66. The number of thiocarbonyl (C=S) groups is 1. The molecular formula is C23H18FN3O4S2. The summed E-state index contributed by atoms with van der Waals surface area (Å²) in [5, 5.41) is 0. The number of rotatable bonds is 6. The molecule has 0 spiro atoms. The van der Waals surface area contributed by atoms with E-state index in [-0.39, 0.29) is 36.9 Å². The SMILES string of the molecule is Cc1ccn2c(=O)cc(COC(=O)CCN3C(=O)/C(=C\c4ccc(F)cc4)SC3=S)nc2c1. The number of ether oxygens (including phenoxy) is 1. The summed E-state index contributed by atoms with van der Waals surface area (Å²) in [4.78, 5) is 43.2. The number of hydrogen-bond donors (Lipinski definition) is 0. The van der Waals surface area contributed by atoms with Gasteiger partial charge in [0, 0.05) is 18.8 Å². The van der Waals surface area contributed by atoms with Crippen LogP contribution in [0.25, 0.3) is 11.7 Å². The quantitative estimate of drug-likeness (QED) is 0.302. The van der Waals surface area contributed by atoms with Gasteiger partial charge in [-0.25, -0.2) is 9.37 Å². The van der Waals surface area contributed by atoms with Gasteiger partial charge in [0.05, 0.1) is 17.0 Å². The Morgan fingerprint density at radius 3 is 2.73 bits per heavy atom. The molecule has 10 heteroatoms. The van der Waals surface area contributed by atoms with Gasteiger partial charge in [-0.3, -0.25) is 23.7 Å². The number of aromatic nitrogens is 2. The molecule has 1 aliphatic heterocycles. The molecule has 0 bridgehead atoms. The molecule has 0 atom stereocenters. The summed E-state index contributed by atoms with van der Waals surface area (Å²) < 4.78 is 20.0. The zero-order chi connectivity index (χ0) is 23.5. The van der Waals surface area contributed by atoms with Crippen LogP contribution in [0.2, 0.25) is 0 Å². The molecule has 0 saturated carbocycles. The van der Waals surface area contributed by atoms with Crippen LogP contribution in [0, 0.1) is 12.7 Å². The predicted molar refractivity (Wildman–Crippen MR) is 127 cm³/mol. The third-order valence-corrected chi connectivity index (χ3v) is 6.22. The first-order valence-corrected chi connectivity index (χ1v) is 11.2. The second-order valence-electron chi connectivity index (χ2n) is 7.31. The third-order valence-electron chi connectivity index (χ3n) is 4.84. The maximum absolute atomic E-state index is 13.1. The Bertz CT molecular complexity index is 1350. The maximum Gasteiger partial charge on any atom is 0.307 e. The number of halogens is 1. The third kappa shape index (κ3) is 5.35. The monoisotopic (exact) mass is 483 g/mol. The molecule has 3 aromatic rings. The number of thioether (sulfide) groups is 1. The predicted octanol–water partition coefficient (Wildman–Crippen LogP) is 3.48. The van der Waals surface area contributed by atoms with E-state index in [9.17, 15) is 18.8 Å². The lowest BCUT2D eigenvalue weighted by Gasteiger charge is -2.13. The number of carbonyl (C=O) groups excluding carboxylic acids is 2. The number of esters is 1. The van der Waals surface area contributed by atoms with Gasteiger partial charge in [-0.05, 0) is 48.4 Å². The number of aryl methyl sites for hydroxylation is 1. The zero-order valence-corrected chi connectivity index (χ0v) is 19.1. The van der Waals surface area contributed by atoms with Crippen molar-refractivity contribution in [3.63, 3.8) is 0 Å². The molecule has 1 aromatic carbocycles. The summed E-state index contributed by atoms with van der Waals surface area (Å²) in [6, 6.07) is 10.6. The zero-order valence-electron chi connectivity index (χ0n) is 17.5. The van der Waals surface area contributed by atoms with Gasteiger partial charge >= 0.3 is 5.97 Å². The smallest absolute Gasteiger partial charge is 0.307 e. The number of pyridine rings is 1. The van der Waals surface area contributed by atoms with Gasteiger partial charge in [-0.15, -0.1) is 0 Å². The summed E-state index contributed by atoms with van der Waals surface area (Å²) in [6.45, 7) is 1.81. The molecule has 3 heterocycles. The van der Waals surface area contributed by atoms with Gasteiger partial charge in [0.1, 0.15) is 22.4 Å². The van der Waals surface area contributed by atoms with E-state index in [1.165, 1.54) is 27.5 Å². The highest BCUT2D eigenvalue weighted by molar-refractivity contribution is 8.26. The molecule has 0 radical (unpaired) electrons. The number of fused-ring (bicyclic) bond motifs is 1. The van der Waals surface area contributed by atoms with Crippen LogP contribution < -0.4 is 5.56 Å². The first-order chi connectivity index (χ1) is 15.8. The fraction of sp³-hybridized carbons (Fsp3) is 0.174. The summed E-state index contributed by atoms with van der Waals surface area (Å²) in [5.41, 5.74) is 2.17. The molecule has 168 valence electrons. The average molecular weight is 484 g/mol. The van der Waals surface area contributed by atoms with Crippen molar-refractivity contribution in [2.45, 2.75) is 20.0 Å². The van der Waals surface area contributed by atoms with Crippen LogP contribution >= 0.6 is 24.0 Å². The number of amides is 1. The summed E-state index contributed by atoms with van der Waals surface area (Å²) >= 11 is 6.39. The number of benzene rings is 1. The van der Waals surface area contributed by atoms with Crippen molar-refractivity contribution < 1.29 is 18.7 Å². The standard InChI is InChI=1S/C23H18FN3O4S2/c1-14-6-8-26-19(10-14)25-17(12-20(26)28)13-31-21(29)7-9-27-22(30)18(33-23(27)32)11-15-2-4-16(24)5-3-15/h2-6,8,10-12H,7,9,13H2,1H3/b18-11+. The molecule has 1 amide bonds. The highest BCUT2D eigenvalue weighted by Gasteiger charge is 2.32. The number of hydrogen-bond acceptors (Lipinski definition) is 7. The van der Waals surface area contributed by atoms with Crippen LogP contribution in [0.1, 0.15) is 23.2 Å². The molecule has 7 nitrogen and oxygen atoms in total. The number of nitrogens with zero attached hydrogens (tertiary/aromatic N) is 3. The molecule has 0 aliphatic carbocycles. The van der Waals surface area contributed by atoms with Crippen LogP contribution in [0.5, 0.6) is 0 Å². The van der Waals surface area contributed by atoms with Gasteiger partial charge in [-0.1, -0.05) is 36.1 Å². The van der Waals surface area contributed by atoms with Crippen LogP contribution in [0.15, 0.2) is 58.4 Å². The van der Waals surface area contributed by atoms with Crippen molar-refractivity contribution in [1.29, 1.82) is 0 Å². The van der Waals surface area contributed by atoms with Gasteiger partial charge in [0.25, 0.3) is 11.5 Å². The Hall–Kier alpha value is -3.37.